The van der Waals surface area contributed by atoms with Crippen LogP contribution in [-0.2, 0) is 4.74 Å². The Bertz CT molecular complexity index is 739. The van der Waals surface area contributed by atoms with Crippen molar-refractivity contribution in [2.45, 2.75) is 26.2 Å². The van der Waals surface area contributed by atoms with E-state index in [0.29, 0.717) is 0 Å². The number of carbonyl (C=O) groups excluding carboxylic acids is 1. The fourth-order valence-corrected chi connectivity index (χ4v) is 3.49. The maximum atomic E-state index is 12.5. The number of benzene rings is 2. The molecule has 3 rings (SSSR count). The van der Waals surface area contributed by atoms with Crippen LogP contribution in [0.1, 0.15) is 35.2 Å². The van der Waals surface area contributed by atoms with Crippen LogP contribution in [0.2, 0.25) is 0 Å². The number of nitrogens with one attached hydrogen (secondary N) is 1. The summed E-state index contributed by atoms with van der Waals surface area (Å²) in [7, 11) is 0. The van der Waals surface area contributed by atoms with E-state index in [1.165, 1.54) is 17.5 Å². The predicted octanol–water partition coefficient (Wildman–Crippen LogP) is 3.89. The molecular weight excluding hydrogens is 336 g/mol. The Morgan fingerprint density at radius 3 is 2.67 bits per heavy atom. The van der Waals surface area contributed by atoms with Crippen molar-refractivity contribution in [1.29, 1.82) is 0 Å². The van der Waals surface area contributed by atoms with Gasteiger partial charge in [0, 0.05) is 25.2 Å². The highest BCUT2D eigenvalue weighted by Gasteiger charge is 2.10. The van der Waals surface area contributed by atoms with Crippen LogP contribution in [0.4, 0.5) is 0 Å². The van der Waals surface area contributed by atoms with E-state index in [-0.39, 0.29) is 5.91 Å². The zero-order valence-corrected chi connectivity index (χ0v) is 16.2. The zero-order valence-electron chi connectivity index (χ0n) is 16.2. The minimum Gasteiger partial charge on any atom is -0.379 e. The standard InChI is InChI=1S/C23H30N2O2/c1-19-8-3-4-11-22(19)20-9-7-10-21(18-20)23(26)24-12-5-2-6-13-25-14-16-27-17-15-25/h3-4,7-11,18H,2,5-6,12-17H2,1H3,(H,24,26). The third-order valence-corrected chi connectivity index (χ3v) is 5.12. The molecule has 1 aliphatic rings. The molecule has 1 amide bonds. The van der Waals surface area contributed by atoms with Crippen molar-refractivity contribution in [3.8, 4) is 11.1 Å². The van der Waals surface area contributed by atoms with Gasteiger partial charge in [0.25, 0.3) is 5.91 Å². The Morgan fingerprint density at radius 1 is 1.04 bits per heavy atom. The molecule has 0 spiro atoms. The van der Waals surface area contributed by atoms with Crippen LogP contribution >= 0.6 is 0 Å². The van der Waals surface area contributed by atoms with Gasteiger partial charge in [0.1, 0.15) is 0 Å². The minimum atomic E-state index is 0.0126. The van der Waals surface area contributed by atoms with Gasteiger partial charge in [0.15, 0.2) is 0 Å². The molecule has 144 valence electrons. The first-order chi connectivity index (χ1) is 13.2. The third kappa shape index (κ3) is 5.91. The van der Waals surface area contributed by atoms with Crippen molar-refractivity contribution in [3.05, 3.63) is 59.7 Å². The second kappa shape index (κ2) is 10.2. The lowest BCUT2D eigenvalue weighted by atomic mass is 9.99. The van der Waals surface area contributed by atoms with Crippen molar-refractivity contribution in [2.75, 3.05) is 39.4 Å². The largest absolute Gasteiger partial charge is 0.379 e. The fourth-order valence-electron chi connectivity index (χ4n) is 3.49. The molecule has 1 heterocycles. The number of hydrogen-bond donors (Lipinski definition) is 1. The molecule has 2 aromatic rings. The molecular formula is C23H30N2O2. The van der Waals surface area contributed by atoms with Gasteiger partial charge in [-0.1, -0.05) is 42.8 Å². The maximum absolute atomic E-state index is 12.5. The molecule has 0 bridgehead atoms. The number of amides is 1. The second-order valence-electron chi connectivity index (χ2n) is 7.17. The molecule has 0 radical (unpaired) electrons. The summed E-state index contributed by atoms with van der Waals surface area (Å²) < 4.78 is 5.37. The molecule has 2 aromatic carbocycles. The molecule has 1 saturated heterocycles. The molecule has 27 heavy (non-hydrogen) atoms. The highest BCUT2D eigenvalue weighted by Crippen LogP contribution is 2.23. The van der Waals surface area contributed by atoms with Crippen LogP contribution in [-0.4, -0.2) is 50.2 Å². The van der Waals surface area contributed by atoms with Crippen molar-refractivity contribution < 1.29 is 9.53 Å². The van der Waals surface area contributed by atoms with Crippen LogP contribution in [0.25, 0.3) is 11.1 Å². The smallest absolute Gasteiger partial charge is 0.251 e. The summed E-state index contributed by atoms with van der Waals surface area (Å²) in [6, 6.07) is 16.1. The lowest BCUT2D eigenvalue weighted by Gasteiger charge is -2.26. The third-order valence-electron chi connectivity index (χ3n) is 5.12. The van der Waals surface area contributed by atoms with Crippen molar-refractivity contribution in [3.63, 3.8) is 0 Å². The second-order valence-corrected chi connectivity index (χ2v) is 7.17. The summed E-state index contributed by atoms with van der Waals surface area (Å²) >= 11 is 0. The number of nitrogens with zero attached hydrogens (tertiary/aromatic N) is 1. The molecule has 4 nitrogen and oxygen atoms in total. The van der Waals surface area contributed by atoms with E-state index in [4.69, 9.17) is 4.74 Å². The maximum Gasteiger partial charge on any atom is 0.251 e. The molecule has 0 unspecified atom stereocenters. The number of aryl methyl sites for hydroxylation is 1. The van der Waals surface area contributed by atoms with Gasteiger partial charge in [-0.3, -0.25) is 9.69 Å². The van der Waals surface area contributed by atoms with E-state index in [9.17, 15) is 4.79 Å². The summed E-state index contributed by atoms with van der Waals surface area (Å²) in [6.45, 7) is 7.78. The molecule has 0 aliphatic carbocycles. The molecule has 1 aliphatic heterocycles. The number of ether oxygens (including phenoxy) is 1. The van der Waals surface area contributed by atoms with Crippen molar-refractivity contribution >= 4 is 5.91 Å². The van der Waals surface area contributed by atoms with Crippen LogP contribution < -0.4 is 5.32 Å². The first kappa shape index (κ1) is 19.6. The molecule has 1 fully saturated rings. The van der Waals surface area contributed by atoms with Crippen LogP contribution in [0, 0.1) is 6.92 Å². The summed E-state index contributed by atoms with van der Waals surface area (Å²) in [5, 5.41) is 3.06. The zero-order chi connectivity index (χ0) is 18.9. The highest BCUT2D eigenvalue weighted by molar-refractivity contribution is 5.95. The summed E-state index contributed by atoms with van der Waals surface area (Å²) in [6.07, 6.45) is 3.34. The van der Waals surface area contributed by atoms with Crippen molar-refractivity contribution in [1.82, 2.24) is 10.2 Å². The Labute approximate surface area is 162 Å². The normalized spacial score (nSPS) is 14.9. The summed E-state index contributed by atoms with van der Waals surface area (Å²) in [5.41, 5.74) is 4.21. The monoisotopic (exact) mass is 366 g/mol. The first-order valence-corrected chi connectivity index (χ1v) is 9.98. The molecule has 0 atom stereocenters. The van der Waals surface area contributed by atoms with Gasteiger partial charge in [-0.25, -0.2) is 0 Å². The Hall–Kier alpha value is -2.17. The van der Waals surface area contributed by atoms with E-state index in [2.05, 4.69) is 35.3 Å². The number of rotatable bonds is 8. The van der Waals surface area contributed by atoms with E-state index in [0.717, 1.165) is 63.4 Å². The quantitative estimate of drug-likeness (QED) is 0.721. The van der Waals surface area contributed by atoms with Gasteiger partial charge >= 0.3 is 0 Å². The summed E-state index contributed by atoms with van der Waals surface area (Å²) in [5.74, 6) is 0.0126. The average molecular weight is 367 g/mol. The predicted molar refractivity (Wildman–Crippen MR) is 110 cm³/mol. The lowest BCUT2D eigenvalue weighted by molar-refractivity contribution is 0.0371. The van der Waals surface area contributed by atoms with Crippen LogP contribution in [0.3, 0.4) is 0 Å². The van der Waals surface area contributed by atoms with Gasteiger partial charge in [-0.2, -0.15) is 0 Å². The van der Waals surface area contributed by atoms with E-state index < -0.39 is 0 Å². The minimum absolute atomic E-state index is 0.0126. The van der Waals surface area contributed by atoms with Crippen LogP contribution in [0.15, 0.2) is 48.5 Å². The number of morpholine rings is 1. The number of unbranched alkanes of at least 4 members (excludes halogenated alkanes) is 2. The van der Waals surface area contributed by atoms with Gasteiger partial charge in [-0.15, -0.1) is 0 Å². The highest BCUT2D eigenvalue weighted by atomic mass is 16.5. The summed E-state index contributed by atoms with van der Waals surface area (Å²) in [4.78, 5) is 14.9. The van der Waals surface area contributed by atoms with Crippen molar-refractivity contribution in [2.24, 2.45) is 0 Å². The van der Waals surface area contributed by atoms with Gasteiger partial charge in [0.05, 0.1) is 13.2 Å². The average Bonchev–Trinajstić information content (AvgIpc) is 2.71. The topological polar surface area (TPSA) is 41.6 Å². The lowest BCUT2D eigenvalue weighted by Crippen LogP contribution is -2.36. The molecule has 1 N–H and O–H groups in total. The fraction of sp³-hybridized carbons (Fsp3) is 0.435. The number of hydrogen-bond acceptors (Lipinski definition) is 3. The number of carbonyl (C=O) groups is 1. The van der Waals surface area contributed by atoms with Crippen LogP contribution in [0.5, 0.6) is 0 Å². The van der Waals surface area contributed by atoms with E-state index in [1.54, 1.807) is 0 Å². The van der Waals surface area contributed by atoms with E-state index >= 15 is 0 Å². The van der Waals surface area contributed by atoms with E-state index in [1.807, 2.05) is 30.3 Å². The Kier molecular flexibility index (Phi) is 7.43. The molecule has 4 heteroatoms. The molecule has 0 saturated carbocycles. The first-order valence-electron chi connectivity index (χ1n) is 9.98. The SMILES string of the molecule is Cc1ccccc1-c1cccc(C(=O)NCCCCCN2CCOCC2)c1. The molecule has 0 aromatic heterocycles. The van der Waals surface area contributed by atoms with Gasteiger partial charge in [-0.05, 0) is 55.1 Å². The Morgan fingerprint density at radius 2 is 1.85 bits per heavy atom. The Balaban J connectivity index is 1.42. The van der Waals surface area contributed by atoms with Gasteiger partial charge < -0.3 is 10.1 Å². The van der Waals surface area contributed by atoms with Gasteiger partial charge in [0.2, 0.25) is 0 Å².